The molecule has 0 spiro atoms. The number of aromatic carboxylic acids is 1. The molecule has 1 unspecified atom stereocenters. The summed E-state index contributed by atoms with van der Waals surface area (Å²) in [5.74, 6) is -2.10. The van der Waals surface area contributed by atoms with E-state index in [1.807, 2.05) is 24.3 Å². The molecule has 4 aromatic carbocycles. The van der Waals surface area contributed by atoms with Crippen LogP contribution in [0.3, 0.4) is 0 Å². The Labute approximate surface area is 270 Å². The number of hydrogen-bond donors (Lipinski definition) is 4. The van der Waals surface area contributed by atoms with Crippen molar-refractivity contribution >= 4 is 64.5 Å². The van der Waals surface area contributed by atoms with Crippen LogP contribution in [0.15, 0.2) is 108 Å². The summed E-state index contributed by atoms with van der Waals surface area (Å²) in [5, 5.41) is 17.1. The molecule has 4 N–H and O–H groups in total. The Morgan fingerprint density at radius 1 is 0.800 bits per heavy atom. The highest BCUT2D eigenvalue weighted by molar-refractivity contribution is 8.00. The molecule has 0 fully saturated rings. The first-order valence-electron chi connectivity index (χ1n) is 14.1. The molecule has 0 aromatic heterocycles. The number of anilines is 2. The van der Waals surface area contributed by atoms with Gasteiger partial charge in [0, 0.05) is 16.1 Å². The van der Waals surface area contributed by atoms with Gasteiger partial charge in [-0.15, -0.1) is 11.8 Å². The maximum Gasteiger partial charge on any atom is 0.335 e. The molecule has 0 heterocycles. The highest BCUT2D eigenvalue weighted by Gasteiger charge is 2.19. The number of halogens is 1. The topological polar surface area (TPSA) is 125 Å². The van der Waals surface area contributed by atoms with Gasteiger partial charge < -0.3 is 21.1 Å². The van der Waals surface area contributed by atoms with Crippen molar-refractivity contribution in [2.75, 3.05) is 10.6 Å². The molecule has 0 aliphatic heterocycles. The summed E-state index contributed by atoms with van der Waals surface area (Å²) in [6, 6.07) is 27.4. The standard InChI is InChI=1S/C35H32ClN3O5S/c1-21(2)24-14-12-23(13-15-24)18-31(39-33(41)25-8-5-4-6-9-25)34(42)37-27-10-7-11-28(20-27)45-22(3)32(40)38-30-19-26(35(43)44)16-17-29(30)36/h4-22H,1-3H3,(H,37,42)(H,38,40)(H,39,41)(H,43,44)/b31-18+. The average molecular weight is 642 g/mol. The molecule has 0 bridgehead atoms. The summed E-state index contributed by atoms with van der Waals surface area (Å²) in [5.41, 5.74) is 3.03. The van der Waals surface area contributed by atoms with E-state index in [4.69, 9.17) is 11.6 Å². The first-order chi connectivity index (χ1) is 21.5. The first kappa shape index (κ1) is 33.0. The van der Waals surface area contributed by atoms with Crippen LogP contribution in [0.5, 0.6) is 0 Å². The fourth-order valence-electron chi connectivity index (χ4n) is 4.18. The number of carboxylic acids is 1. The summed E-state index contributed by atoms with van der Waals surface area (Å²) in [4.78, 5) is 51.4. The number of amides is 3. The Kier molecular flexibility index (Phi) is 11.2. The van der Waals surface area contributed by atoms with E-state index in [9.17, 15) is 24.3 Å². The number of benzene rings is 4. The average Bonchev–Trinajstić information content (AvgIpc) is 3.02. The number of carbonyl (C=O) groups is 4. The number of thioether (sulfide) groups is 1. The highest BCUT2D eigenvalue weighted by atomic mass is 35.5. The smallest absolute Gasteiger partial charge is 0.335 e. The van der Waals surface area contributed by atoms with E-state index < -0.39 is 23.0 Å². The summed E-state index contributed by atoms with van der Waals surface area (Å²) in [7, 11) is 0. The maximum atomic E-state index is 13.5. The molecule has 3 amide bonds. The normalized spacial score (nSPS) is 11.9. The van der Waals surface area contributed by atoms with Gasteiger partial charge in [-0.25, -0.2) is 4.79 Å². The summed E-state index contributed by atoms with van der Waals surface area (Å²) in [6.45, 7) is 5.89. The Hall–Kier alpha value is -4.86. The van der Waals surface area contributed by atoms with E-state index in [1.54, 1.807) is 67.6 Å². The van der Waals surface area contributed by atoms with E-state index in [0.29, 0.717) is 22.1 Å². The van der Waals surface area contributed by atoms with Gasteiger partial charge >= 0.3 is 5.97 Å². The van der Waals surface area contributed by atoms with E-state index in [0.717, 1.165) is 11.1 Å². The fraction of sp³-hybridized carbons (Fsp3) is 0.143. The monoisotopic (exact) mass is 641 g/mol. The Bertz CT molecular complexity index is 1740. The van der Waals surface area contributed by atoms with Crippen LogP contribution in [-0.2, 0) is 9.59 Å². The lowest BCUT2D eigenvalue weighted by atomic mass is 10.0. The van der Waals surface area contributed by atoms with Gasteiger partial charge in [-0.3, -0.25) is 14.4 Å². The Morgan fingerprint density at radius 3 is 2.18 bits per heavy atom. The van der Waals surface area contributed by atoms with Crippen molar-refractivity contribution in [3.05, 3.63) is 130 Å². The van der Waals surface area contributed by atoms with Gasteiger partial charge in [0.05, 0.1) is 21.5 Å². The quantitative estimate of drug-likeness (QED) is 0.0983. The number of nitrogens with one attached hydrogen (secondary N) is 3. The Balaban J connectivity index is 1.49. The SMILES string of the molecule is CC(Sc1cccc(NC(=O)/C(=C\c2ccc(C(C)C)cc2)NC(=O)c2ccccc2)c1)C(=O)Nc1cc(C(=O)O)ccc1Cl. The predicted molar refractivity (Wildman–Crippen MR) is 180 cm³/mol. The molecule has 230 valence electrons. The molecule has 45 heavy (non-hydrogen) atoms. The van der Waals surface area contributed by atoms with Gasteiger partial charge in [-0.1, -0.05) is 74.0 Å². The highest BCUT2D eigenvalue weighted by Crippen LogP contribution is 2.29. The molecule has 4 rings (SSSR count). The third kappa shape index (κ3) is 9.31. The van der Waals surface area contributed by atoms with Crippen LogP contribution in [0.2, 0.25) is 5.02 Å². The number of rotatable bonds is 11. The third-order valence-electron chi connectivity index (χ3n) is 6.69. The lowest BCUT2D eigenvalue weighted by Crippen LogP contribution is -2.30. The van der Waals surface area contributed by atoms with Crippen LogP contribution in [-0.4, -0.2) is 34.0 Å². The molecule has 1 atom stereocenters. The minimum absolute atomic E-state index is 0.000557. The number of carboxylic acid groups (broad SMARTS) is 1. The molecular formula is C35H32ClN3O5S. The van der Waals surface area contributed by atoms with Crippen LogP contribution in [0, 0.1) is 0 Å². The Morgan fingerprint density at radius 2 is 1.51 bits per heavy atom. The van der Waals surface area contributed by atoms with Crippen LogP contribution in [0.25, 0.3) is 6.08 Å². The maximum absolute atomic E-state index is 13.5. The van der Waals surface area contributed by atoms with Crippen molar-refractivity contribution in [2.24, 2.45) is 0 Å². The van der Waals surface area contributed by atoms with Gasteiger partial charge in [-0.2, -0.15) is 0 Å². The predicted octanol–water partition coefficient (Wildman–Crippen LogP) is 7.69. The largest absolute Gasteiger partial charge is 0.478 e. The van der Waals surface area contributed by atoms with E-state index in [2.05, 4.69) is 29.8 Å². The van der Waals surface area contributed by atoms with Crippen LogP contribution >= 0.6 is 23.4 Å². The van der Waals surface area contributed by atoms with Crippen molar-refractivity contribution in [3.8, 4) is 0 Å². The third-order valence-corrected chi connectivity index (χ3v) is 8.11. The van der Waals surface area contributed by atoms with Crippen molar-refractivity contribution in [1.29, 1.82) is 0 Å². The molecule has 0 saturated carbocycles. The summed E-state index contributed by atoms with van der Waals surface area (Å²) in [6.07, 6.45) is 1.62. The zero-order valence-electron chi connectivity index (χ0n) is 24.8. The molecule has 4 aromatic rings. The van der Waals surface area contributed by atoms with E-state index in [1.165, 1.54) is 30.0 Å². The van der Waals surface area contributed by atoms with Crippen LogP contribution in [0.4, 0.5) is 11.4 Å². The second-order valence-corrected chi connectivity index (χ2v) is 12.3. The first-order valence-corrected chi connectivity index (χ1v) is 15.4. The fourth-order valence-corrected chi connectivity index (χ4v) is 5.27. The van der Waals surface area contributed by atoms with Crippen molar-refractivity contribution < 1.29 is 24.3 Å². The summed E-state index contributed by atoms with van der Waals surface area (Å²) < 4.78 is 0. The van der Waals surface area contributed by atoms with Gasteiger partial charge in [0.25, 0.3) is 11.8 Å². The van der Waals surface area contributed by atoms with Crippen molar-refractivity contribution in [3.63, 3.8) is 0 Å². The molecule has 0 aliphatic rings. The number of hydrogen-bond acceptors (Lipinski definition) is 5. The second kappa shape index (κ2) is 15.2. The lowest BCUT2D eigenvalue weighted by Gasteiger charge is -2.15. The molecular weight excluding hydrogens is 610 g/mol. The molecule has 8 nitrogen and oxygen atoms in total. The van der Waals surface area contributed by atoms with Gasteiger partial charge in [0.2, 0.25) is 5.91 Å². The minimum atomic E-state index is -1.13. The van der Waals surface area contributed by atoms with Crippen LogP contribution in [0.1, 0.15) is 58.5 Å². The molecule has 0 radical (unpaired) electrons. The molecule has 10 heteroatoms. The summed E-state index contributed by atoms with van der Waals surface area (Å²) >= 11 is 7.40. The molecule has 0 saturated heterocycles. The number of carbonyl (C=O) groups excluding carboxylic acids is 3. The second-order valence-electron chi connectivity index (χ2n) is 10.4. The van der Waals surface area contributed by atoms with E-state index >= 15 is 0 Å². The van der Waals surface area contributed by atoms with E-state index in [-0.39, 0.29) is 27.9 Å². The minimum Gasteiger partial charge on any atom is -0.478 e. The van der Waals surface area contributed by atoms with Gasteiger partial charge in [0.1, 0.15) is 5.70 Å². The van der Waals surface area contributed by atoms with Gasteiger partial charge in [-0.05, 0) is 78.6 Å². The lowest BCUT2D eigenvalue weighted by molar-refractivity contribution is -0.115. The zero-order chi connectivity index (χ0) is 32.5. The van der Waals surface area contributed by atoms with Gasteiger partial charge in [0.15, 0.2) is 0 Å². The zero-order valence-corrected chi connectivity index (χ0v) is 26.4. The van der Waals surface area contributed by atoms with Crippen LogP contribution < -0.4 is 16.0 Å². The van der Waals surface area contributed by atoms with Crippen molar-refractivity contribution in [1.82, 2.24) is 5.32 Å². The molecule has 0 aliphatic carbocycles. The van der Waals surface area contributed by atoms with Crippen molar-refractivity contribution in [2.45, 2.75) is 36.8 Å².